The molecular weight excluding hydrogens is 454 g/mol. The van der Waals surface area contributed by atoms with Crippen molar-refractivity contribution in [1.29, 1.82) is 0 Å². The first-order valence-corrected chi connectivity index (χ1v) is 9.04. The predicted octanol–water partition coefficient (Wildman–Crippen LogP) is 1.85. The van der Waals surface area contributed by atoms with Gasteiger partial charge >= 0.3 is 0 Å². The number of amides is 1. The van der Waals surface area contributed by atoms with Crippen molar-refractivity contribution in [2.24, 2.45) is 0 Å². The lowest BCUT2D eigenvalue weighted by atomic mass is 9.99. The number of aliphatic hydroxyl groups excluding tert-OH is 1. The van der Waals surface area contributed by atoms with Crippen LogP contribution in [0.3, 0.4) is 0 Å². The number of nitrogens with zero attached hydrogens (tertiary/aromatic N) is 1. The zero-order valence-corrected chi connectivity index (χ0v) is 15.9. The maximum Gasteiger partial charge on any atom is 0.270 e. The second kappa shape index (κ2) is 8.19. The summed E-state index contributed by atoms with van der Waals surface area (Å²) in [5.74, 6) is -1.02. The molecule has 8 heteroatoms. The number of benzene rings is 1. The number of Topliss-reactive ketones (excluding diaryl/α,β-unsaturated/α-hetero) is 1. The summed E-state index contributed by atoms with van der Waals surface area (Å²) in [5, 5.41) is 11.4. The molecule has 1 amide bonds. The van der Waals surface area contributed by atoms with Gasteiger partial charge in [-0.25, -0.2) is 9.37 Å². The van der Waals surface area contributed by atoms with Gasteiger partial charge in [-0.05, 0) is 46.4 Å². The van der Waals surface area contributed by atoms with Crippen LogP contribution in [0.5, 0.6) is 0 Å². The number of aromatic nitrogens is 1. The first kappa shape index (κ1) is 18.9. The van der Waals surface area contributed by atoms with Crippen LogP contribution in [0.15, 0.2) is 24.3 Å². The van der Waals surface area contributed by atoms with E-state index in [4.69, 9.17) is 9.84 Å². The molecule has 2 N–H and O–H groups in total. The number of ether oxygens (including phenoxy) is 1. The molecule has 1 aliphatic rings. The fourth-order valence-corrected chi connectivity index (χ4v) is 3.17. The maximum atomic E-state index is 14.2. The molecule has 2 heterocycles. The molecular formula is C18H16FIN2O4. The van der Waals surface area contributed by atoms with E-state index in [9.17, 15) is 14.0 Å². The minimum absolute atomic E-state index is 0.0469. The third-order valence-corrected chi connectivity index (χ3v) is 4.65. The monoisotopic (exact) mass is 470 g/mol. The van der Waals surface area contributed by atoms with E-state index in [1.165, 1.54) is 6.07 Å². The zero-order valence-electron chi connectivity index (χ0n) is 13.7. The molecule has 0 radical (unpaired) electrons. The SMILES string of the molecule is O=C(COCCO)c1cc2c(nc1Cc1ccc(I)cc1F)C(=O)NC2. The Kier molecular flexibility index (Phi) is 5.94. The Labute approximate surface area is 162 Å². The van der Waals surface area contributed by atoms with E-state index in [0.717, 1.165) is 3.57 Å². The molecule has 1 aliphatic heterocycles. The number of ketones is 1. The number of hydrogen-bond acceptors (Lipinski definition) is 5. The van der Waals surface area contributed by atoms with Crippen LogP contribution in [0.4, 0.5) is 4.39 Å². The molecule has 0 saturated carbocycles. The summed E-state index contributed by atoms with van der Waals surface area (Å²) in [6, 6.07) is 6.43. The van der Waals surface area contributed by atoms with E-state index in [2.05, 4.69) is 10.3 Å². The van der Waals surface area contributed by atoms with Crippen LogP contribution in [0.1, 0.15) is 37.7 Å². The Morgan fingerprint density at radius 3 is 2.92 bits per heavy atom. The van der Waals surface area contributed by atoms with E-state index in [1.54, 1.807) is 18.2 Å². The fourth-order valence-electron chi connectivity index (χ4n) is 2.71. The van der Waals surface area contributed by atoms with E-state index in [1.807, 2.05) is 22.6 Å². The Balaban J connectivity index is 1.97. The number of rotatable bonds is 7. The molecule has 3 rings (SSSR count). The van der Waals surface area contributed by atoms with Crippen LogP contribution in [-0.2, 0) is 17.7 Å². The highest BCUT2D eigenvalue weighted by Crippen LogP contribution is 2.22. The second-order valence-corrected chi connectivity index (χ2v) is 7.03. The van der Waals surface area contributed by atoms with Crippen LogP contribution in [0, 0.1) is 9.39 Å². The average molecular weight is 470 g/mol. The standard InChI is InChI=1S/C18H16FIN2O4/c19-14-7-12(20)2-1-10(14)6-15-13(16(24)9-26-4-3-23)5-11-8-21-18(25)17(11)22-15/h1-2,5,7,23H,3-4,6,8-9H2,(H,21,25). The highest BCUT2D eigenvalue weighted by atomic mass is 127. The van der Waals surface area contributed by atoms with Crippen molar-refractivity contribution in [2.75, 3.05) is 19.8 Å². The molecule has 0 unspecified atom stereocenters. The summed E-state index contributed by atoms with van der Waals surface area (Å²) in [5.41, 5.74) is 1.92. The number of fused-ring (bicyclic) bond motifs is 1. The lowest BCUT2D eigenvalue weighted by Gasteiger charge is -2.11. The van der Waals surface area contributed by atoms with Gasteiger partial charge in [0.15, 0.2) is 5.78 Å². The normalized spacial score (nSPS) is 12.8. The molecule has 0 bridgehead atoms. The summed E-state index contributed by atoms with van der Waals surface area (Å²) in [4.78, 5) is 28.7. The maximum absolute atomic E-state index is 14.2. The fraction of sp³-hybridized carbons (Fsp3) is 0.278. The van der Waals surface area contributed by atoms with Gasteiger partial charge in [0.1, 0.15) is 18.1 Å². The van der Waals surface area contributed by atoms with Gasteiger partial charge in [0, 0.05) is 27.7 Å². The summed E-state index contributed by atoms with van der Waals surface area (Å²) < 4.78 is 20.1. The van der Waals surface area contributed by atoms with Crippen molar-refractivity contribution >= 4 is 34.3 Å². The minimum Gasteiger partial charge on any atom is -0.394 e. The average Bonchev–Trinajstić information content (AvgIpc) is 2.97. The molecule has 26 heavy (non-hydrogen) atoms. The molecule has 136 valence electrons. The van der Waals surface area contributed by atoms with Crippen LogP contribution in [-0.4, -0.2) is 41.6 Å². The van der Waals surface area contributed by atoms with Gasteiger partial charge in [-0.3, -0.25) is 9.59 Å². The number of aliphatic hydroxyl groups is 1. The third-order valence-electron chi connectivity index (χ3n) is 3.98. The van der Waals surface area contributed by atoms with Crippen LogP contribution in [0.2, 0.25) is 0 Å². The smallest absolute Gasteiger partial charge is 0.270 e. The molecule has 0 spiro atoms. The number of halogens is 2. The van der Waals surface area contributed by atoms with E-state index >= 15 is 0 Å². The van der Waals surface area contributed by atoms with Gasteiger partial charge in [-0.15, -0.1) is 0 Å². The Morgan fingerprint density at radius 1 is 1.38 bits per heavy atom. The van der Waals surface area contributed by atoms with Crippen molar-refractivity contribution < 1.29 is 23.8 Å². The van der Waals surface area contributed by atoms with Crippen molar-refractivity contribution in [3.05, 3.63) is 61.7 Å². The first-order valence-electron chi connectivity index (χ1n) is 7.96. The molecule has 1 aromatic heterocycles. The summed E-state index contributed by atoms with van der Waals surface area (Å²) in [6.07, 6.45) is 0.0877. The highest BCUT2D eigenvalue weighted by molar-refractivity contribution is 14.1. The molecule has 0 aliphatic carbocycles. The number of nitrogens with one attached hydrogen (secondary N) is 1. The van der Waals surface area contributed by atoms with Crippen LogP contribution < -0.4 is 5.32 Å². The van der Waals surface area contributed by atoms with Gasteiger partial charge in [-0.2, -0.15) is 0 Å². The molecule has 0 fully saturated rings. The lowest BCUT2D eigenvalue weighted by Crippen LogP contribution is -2.17. The largest absolute Gasteiger partial charge is 0.394 e. The number of hydrogen-bond donors (Lipinski definition) is 2. The Hall–Kier alpha value is -1.91. The van der Waals surface area contributed by atoms with Gasteiger partial charge in [-0.1, -0.05) is 6.07 Å². The van der Waals surface area contributed by atoms with Crippen LogP contribution in [0.25, 0.3) is 0 Å². The Morgan fingerprint density at radius 2 is 2.19 bits per heavy atom. The topological polar surface area (TPSA) is 88.5 Å². The van der Waals surface area contributed by atoms with Gasteiger partial charge in [0.2, 0.25) is 0 Å². The second-order valence-electron chi connectivity index (χ2n) is 5.78. The Bertz CT molecular complexity index is 873. The number of carbonyl (C=O) groups excluding carboxylic acids is 2. The molecule has 1 aromatic carbocycles. The predicted molar refractivity (Wildman–Crippen MR) is 99.6 cm³/mol. The van der Waals surface area contributed by atoms with E-state index < -0.39 is 5.82 Å². The van der Waals surface area contributed by atoms with Crippen molar-refractivity contribution in [2.45, 2.75) is 13.0 Å². The number of pyridine rings is 1. The van der Waals surface area contributed by atoms with E-state index in [-0.39, 0.29) is 43.6 Å². The van der Waals surface area contributed by atoms with Gasteiger partial charge in [0.05, 0.1) is 18.9 Å². The van der Waals surface area contributed by atoms with Crippen molar-refractivity contribution in [1.82, 2.24) is 10.3 Å². The van der Waals surface area contributed by atoms with E-state index in [0.29, 0.717) is 28.9 Å². The summed E-state index contributed by atoms with van der Waals surface area (Å²) in [6.45, 7) is -0.0538. The van der Waals surface area contributed by atoms with Gasteiger partial charge in [0.25, 0.3) is 5.91 Å². The van der Waals surface area contributed by atoms with Gasteiger partial charge < -0.3 is 15.2 Å². The highest BCUT2D eigenvalue weighted by Gasteiger charge is 2.25. The van der Waals surface area contributed by atoms with Crippen molar-refractivity contribution in [3.8, 4) is 0 Å². The summed E-state index contributed by atoms with van der Waals surface area (Å²) in [7, 11) is 0. The molecule has 6 nitrogen and oxygen atoms in total. The molecule has 2 aromatic rings. The summed E-state index contributed by atoms with van der Waals surface area (Å²) >= 11 is 2.02. The first-order chi connectivity index (χ1) is 12.5. The lowest BCUT2D eigenvalue weighted by molar-refractivity contribution is 0.0662. The van der Waals surface area contributed by atoms with Crippen molar-refractivity contribution in [3.63, 3.8) is 0 Å². The third kappa shape index (κ3) is 4.08. The number of carbonyl (C=O) groups is 2. The molecule has 0 atom stereocenters. The zero-order chi connectivity index (χ0) is 18.7. The molecule has 0 saturated heterocycles. The minimum atomic E-state index is -0.390. The quantitative estimate of drug-likeness (QED) is 0.367. The van der Waals surface area contributed by atoms with Crippen LogP contribution >= 0.6 is 22.6 Å².